The lowest BCUT2D eigenvalue weighted by molar-refractivity contribution is 0.335. The molecule has 0 aliphatic rings. The molecular weight excluding hydrogens is 336 g/mol. The molecule has 0 aromatic heterocycles. The van der Waals surface area contributed by atoms with Crippen LogP contribution in [-0.4, -0.2) is 52.3 Å². The van der Waals surface area contributed by atoms with Gasteiger partial charge in [0.2, 0.25) is 20.0 Å². The summed E-state index contributed by atoms with van der Waals surface area (Å²) < 4.78 is 51.3. The number of rotatable bonds is 10. The summed E-state index contributed by atoms with van der Waals surface area (Å²) in [6.07, 6.45) is 2.24. The Morgan fingerprint density at radius 2 is 1.74 bits per heavy atom. The second kappa shape index (κ2) is 8.77. The number of nitrogens with zero attached hydrogens (tertiary/aromatic N) is 1. The molecular formula is C15H26N2O4S2. The fourth-order valence-corrected chi connectivity index (χ4v) is 4.47. The third-order valence-corrected chi connectivity index (χ3v) is 6.44. The van der Waals surface area contributed by atoms with Crippen LogP contribution in [0, 0.1) is 0 Å². The summed E-state index contributed by atoms with van der Waals surface area (Å²) in [4.78, 5) is 0. The van der Waals surface area contributed by atoms with E-state index in [2.05, 4.69) is 4.72 Å². The van der Waals surface area contributed by atoms with Crippen LogP contribution in [-0.2, 0) is 26.5 Å². The molecule has 0 saturated carbocycles. The van der Waals surface area contributed by atoms with E-state index >= 15 is 0 Å². The van der Waals surface area contributed by atoms with Gasteiger partial charge in [-0.05, 0) is 25.3 Å². The quantitative estimate of drug-likeness (QED) is 0.678. The summed E-state index contributed by atoms with van der Waals surface area (Å²) in [5, 5.41) is 0. The zero-order valence-electron chi connectivity index (χ0n) is 13.9. The fourth-order valence-electron chi connectivity index (χ4n) is 2.20. The Labute approximate surface area is 140 Å². The maximum absolute atomic E-state index is 12.0. The first kappa shape index (κ1) is 20.1. The Bertz CT molecular complexity index is 673. The topological polar surface area (TPSA) is 83.6 Å². The zero-order chi connectivity index (χ0) is 17.5. The molecule has 1 atom stereocenters. The van der Waals surface area contributed by atoms with Gasteiger partial charge in [-0.3, -0.25) is 0 Å². The van der Waals surface area contributed by atoms with Gasteiger partial charge in [-0.1, -0.05) is 37.3 Å². The third-order valence-electron chi connectivity index (χ3n) is 3.66. The van der Waals surface area contributed by atoms with Crippen molar-refractivity contribution < 1.29 is 16.8 Å². The molecule has 132 valence electrons. The molecule has 0 fully saturated rings. The minimum absolute atomic E-state index is 0.0147. The van der Waals surface area contributed by atoms with E-state index in [4.69, 9.17) is 0 Å². The Kier molecular flexibility index (Phi) is 7.66. The zero-order valence-corrected chi connectivity index (χ0v) is 15.5. The van der Waals surface area contributed by atoms with Crippen LogP contribution in [0.4, 0.5) is 0 Å². The molecule has 0 radical (unpaired) electrons. The summed E-state index contributed by atoms with van der Waals surface area (Å²) in [7, 11) is -6.78. The average molecular weight is 363 g/mol. The maximum Gasteiger partial charge on any atom is 0.211 e. The van der Waals surface area contributed by atoms with Crippen LogP contribution in [0.25, 0.3) is 0 Å². The molecule has 1 aromatic carbocycles. The Morgan fingerprint density at radius 1 is 1.13 bits per heavy atom. The van der Waals surface area contributed by atoms with E-state index in [1.807, 2.05) is 44.2 Å². The van der Waals surface area contributed by atoms with Crippen LogP contribution in [0.5, 0.6) is 0 Å². The summed E-state index contributed by atoms with van der Waals surface area (Å²) in [6, 6.07) is 9.22. The molecule has 1 unspecified atom stereocenters. The van der Waals surface area contributed by atoms with Crippen molar-refractivity contribution >= 4 is 20.0 Å². The van der Waals surface area contributed by atoms with Gasteiger partial charge in [0.1, 0.15) is 0 Å². The summed E-state index contributed by atoms with van der Waals surface area (Å²) >= 11 is 0. The summed E-state index contributed by atoms with van der Waals surface area (Å²) in [6.45, 7) is 3.92. The monoisotopic (exact) mass is 362 g/mol. The molecule has 0 aliphatic carbocycles. The number of aryl methyl sites for hydroxylation is 1. The predicted molar refractivity (Wildman–Crippen MR) is 93.2 cm³/mol. The normalized spacial score (nSPS) is 14.1. The molecule has 0 amide bonds. The largest absolute Gasteiger partial charge is 0.214 e. The number of nitrogens with one attached hydrogen (secondary N) is 1. The lowest BCUT2D eigenvalue weighted by atomic mass is 10.2. The van der Waals surface area contributed by atoms with Crippen molar-refractivity contribution in [2.24, 2.45) is 0 Å². The van der Waals surface area contributed by atoms with Gasteiger partial charge < -0.3 is 0 Å². The standard InChI is InChI=1S/C15H26N2O4S2/c1-4-14(2)17(22(3,18)19)12-11-16-23(20,21)13-10-15-8-6-5-7-9-15/h5-9,14,16H,4,10-13H2,1-3H3. The lowest BCUT2D eigenvalue weighted by Gasteiger charge is -2.25. The molecule has 1 rings (SSSR count). The molecule has 6 nitrogen and oxygen atoms in total. The van der Waals surface area contributed by atoms with E-state index in [0.29, 0.717) is 12.8 Å². The molecule has 0 heterocycles. The van der Waals surface area contributed by atoms with E-state index in [1.54, 1.807) is 0 Å². The van der Waals surface area contributed by atoms with Crippen molar-refractivity contribution in [3.05, 3.63) is 35.9 Å². The minimum atomic E-state index is -3.42. The second-order valence-corrected chi connectivity index (χ2v) is 9.44. The smallest absolute Gasteiger partial charge is 0.211 e. The SMILES string of the molecule is CCC(C)N(CCNS(=O)(=O)CCc1ccccc1)S(C)(=O)=O. The fraction of sp³-hybridized carbons (Fsp3) is 0.600. The van der Waals surface area contributed by atoms with Crippen molar-refractivity contribution in [3.8, 4) is 0 Å². The van der Waals surface area contributed by atoms with Crippen LogP contribution in [0.2, 0.25) is 0 Å². The summed E-state index contributed by atoms with van der Waals surface area (Å²) in [5.74, 6) is -0.0147. The van der Waals surface area contributed by atoms with Gasteiger partial charge in [0, 0.05) is 19.1 Å². The van der Waals surface area contributed by atoms with Crippen LogP contribution < -0.4 is 4.72 Å². The van der Waals surface area contributed by atoms with Crippen LogP contribution in [0.1, 0.15) is 25.8 Å². The number of hydrogen-bond donors (Lipinski definition) is 1. The van der Waals surface area contributed by atoms with Crippen LogP contribution >= 0.6 is 0 Å². The molecule has 23 heavy (non-hydrogen) atoms. The predicted octanol–water partition coefficient (Wildman–Crippen LogP) is 1.21. The van der Waals surface area contributed by atoms with Gasteiger partial charge in [0.25, 0.3) is 0 Å². The summed E-state index contributed by atoms with van der Waals surface area (Å²) in [5.41, 5.74) is 0.954. The van der Waals surface area contributed by atoms with E-state index in [9.17, 15) is 16.8 Å². The highest BCUT2D eigenvalue weighted by molar-refractivity contribution is 7.89. The van der Waals surface area contributed by atoms with E-state index < -0.39 is 20.0 Å². The van der Waals surface area contributed by atoms with Gasteiger partial charge in [-0.25, -0.2) is 21.6 Å². The van der Waals surface area contributed by atoms with E-state index in [-0.39, 0.29) is 24.9 Å². The number of hydrogen-bond acceptors (Lipinski definition) is 4. The molecule has 0 spiro atoms. The first-order valence-corrected chi connectivity index (χ1v) is 11.1. The Morgan fingerprint density at radius 3 is 2.26 bits per heavy atom. The lowest BCUT2D eigenvalue weighted by Crippen LogP contribution is -2.43. The third kappa shape index (κ3) is 7.43. The van der Waals surface area contributed by atoms with E-state index in [1.165, 1.54) is 4.31 Å². The highest BCUT2D eigenvalue weighted by Gasteiger charge is 2.22. The maximum atomic E-state index is 12.0. The molecule has 0 saturated heterocycles. The highest BCUT2D eigenvalue weighted by atomic mass is 32.2. The van der Waals surface area contributed by atoms with Crippen molar-refractivity contribution in [1.29, 1.82) is 0 Å². The Hall–Kier alpha value is -0.960. The van der Waals surface area contributed by atoms with Crippen LogP contribution in [0.3, 0.4) is 0 Å². The van der Waals surface area contributed by atoms with Gasteiger partial charge in [0.15, 0.2) is 0 Å². The van der Waals surface area contributed by atoms with Crippen molar-refractivity contribution in [2.75, 3.05) is 25.1 Å². The molecule has 1 N–H and O–H groups in total. The van der Waals surface area contributed by atoms with Gasteiger partial charge in [-0.15, -0.1) is 0 Å². The second-order valence-electron chi connectivity index (χ2n) is 5.58. The van der Waals surface area contributed by atoms with E-state index in [0.717, 1.165) is 11.8 Å². The first-order valence-electron chi connectivity index (χ1n) is 7.64. The molecule has 0 bridgehead atoms. The van der Waals surface area contributed by atoms with Gasteiger partial charge in [0.05, 0.1) is 12.0 Å². The molecule has 1 aromatic rings. The number of benzene rings is 1. The highest BCUT2D eigenvalue weighted by Crippen LogP contribution is 2.08. The van der Waals surface area contributed by atoms with Gasteiger partial charge >= 0.3 is 0 Å². The van der Waals surface area contributed by atoms with Crippen molar-refractivity contribution in [2.45, 2.75) is 32.7 Å². The number of sulfonamides is 2. The minimum Gasteiger partial charge on any atom is -0.214 e. The molecule has 8 heteroatoms. The van der Waals surface area contributed by atoms with Crippen LogP contribution in [0.15, 0.2) is 30.3 Å². The first-order chi connectivity index (χ1) is 10.7. The van der Waals surface area contributed by atoms with Crippen molar-refractivity contribution in [1.82, 2.24) is 9.03 Å². The van der Waals surface area contributed by atoms with Gasteiger partial charge in [-0.2, -0.15) is 4.31 Å². The van der Waals surface area contributed by atoms with Crippen molar-refractivity contribution in [3.63, 3.8) is 0 Å². The molecule has 0 aliphatic heterocycles. The Balaban J connectivity index is 2.52. The average Bonchev–Trinajstić information content (AvgIpc) is 2.49.